The maximum atomic E-state index is 5.17. The van der Waals surface area contributed by atoms with Crippen molar-refractivity contribution in [2.45, 2.75) is 6.92 Å². The van der Waals surface area contributed by atoms with E-state index in [0.717, 1.165) is 11.4 Å². The molecule has 0 unspecified atom stereocenters. The molecule has 1 aromatic heterocycles. The van der Waals surface area contributed by atoms with Crippen LogP contribution in [0.1, 0.15) is 5.56 Å². The topological polar surface area (TPSA) is 25.0 Å². The number of para-hydroxylation sites is 1. The fraction of sp³-hybridized carbons (Fsp3) is 0.200. The molecule has 0 saturated heterocycles. The first kappa shape index (κ1) is 7.22. The lowest BCUT2D eigenvalue weighted by Gasteiger charge is -1.94. The van der Waals surface area contributed by atoms with Crippen LogP contribution in [0, 0.1) is 6.92 Å². The zero-order chi connectivity index (χ0) is 8.55. The van der Waals surface area contributed by atoms with Crippen LogP contribution in [0.25, 0.3) is 10.9 Å². The molecule has 0 bridgehead atoms. The summed E-state index contributed by atoms with van der Waals surface area (Å²) in [4.78, 5) is 3.19. The minimum Gasteiger partial charge on any atom is -0.482 e. The summed E-state index contributed by atoms with van der Waals surface area (Å²) >= 11 is 0. The molecule has 0 aliphatic rings. The average Bonchev–Trinajstić information content (AvgIpc) is 2.44. The van der Waals surface area contributed by atoms with Crippen LogP contribution in [0.5, 0.6) is 5.88 Å². The van der Waals surface area contributed by atoms with Gasteiger partial charge in [-0.15, -0.1) is 0 Å². The molecule has 2 nitrogen and oxygen atoms in total. The number of aryl methyl sites for hydroxylation is 1. The fourth-order valence-electron chi connectivity index (χ4n) is 1.46. The Kier molecular flexibility index (Phi) is 1.54. The lowest BCUT2D eigenvalue weighted by Crippen LogP contribution is -1.82. The fourth-order valence-corrected chi connectivity index (χ4v) is 1.46. The van der Waals surface area contributed by atoms with Gasteiger partial charge in [-0.2, -0.15) is 0 Å². The highest BCUT2D eigenvalue weighted by Gasteiger charge is 2.05. The largest absolute Gasteiger partial charge is 0.482 e. The van der Waals surface area contributed by atoms with E-state index in [-0.39, 0.29) is 0 Å². The number of H-pyrrole nitrogens is 1. The third-order valence-electron chi connectivity index (χ3n) is 2.12. The third-order valence-corrected chi connectivity index (χ3v) is 2.12. The summed E-state index contributed by atoms with van der Waals surface area (Å²) < 4.78 is 5.17. The monoisotopic (exact) mass is 161 g/mol. The van der Waals surface area contributed by atoms with Crippen molar-refractivity contribution in [3.05, 3.63) is 29.8 Å². The highest BCUT2D eigenvalue weighted by Crippen LogP contribution is 2.25. The average molecular weight is 161 g/mol. The van der Waals surface area contributed by atoms with Gasteiger partial charge in [0.15, 0.2) is 5.88 Å². The predicted molar refractivity (Wildman–Crippen MR) is 49.6 cm³/mol. The van der Waals surface area contributed by atoms with E-state index in [1.165, 1.54) is 10.9 Å². The summed E-state index contributed by atoms with van der Waals surface area (Å²) in [7, 11) is 1.68. The van der Waals surface area contributed by atoms with Crippen LogP contribution in [-0.4, -0.2) is 12.1 Å². The second-order valence-electron chi connectivity index (χ2n) is 2.83. The molecule has 2 aromatic rings. The van der Waals surface area contributed by atoms with Crippen LogP contribution >= 0.6 is 0 Å². The molecule has 2 rings (SSSR count). The molecule has 1 N–H and O–H groups in total. The highest BCUT2D eigenvalue weighted by molar-refractivity contribution is 5.85. The van der Waals surface area contributed by atoms with Gasteiger partial charge in [-0.05, 0) is 13.0 Å². The number of ether oxygens (including phenoxy) is 1. The smallest absolute Gasteiger partial charge is 0.194 e. The van der Waals surface area contributed by atoms with E-state index in [1.54, 1.807) is 7.11 Å². The number of nitrogens with one attached hydrogen (secondary N) is 1. The Morgan fingerprint density at radius 1 is 1.25 bits per heavy atom. The zero-order valence-corrected chi connectivity index (χ0v) is 7.22. The molecule has 1 heterocycles. The van der Waals surface area contributed by atoms with Crippen LogP contribution in [0.15, 0.2) is 24.3 Å². The number of hydrogen-bond acceptors (Lipinski definition) is 1. The molecule has 2 heteroatoms. The number of aromatic amines is 1. The number of benzene rings is 1. The second kappa shape index (κ2) is 2.55. The van der Waals surface area contributed by atoms with Gasteiger partial charge in [0.1, 0.15) is 0 Å². The summed E-state index contributed by atoms with van der Waals surface area (Å²) in [6.45, 7) is 2.05. The Hall–Kier alpha value is -1.44. The van der Waals surface area contributed by atoms with E-state index in [2.05, 4.69) is 18.0 Å². The Morgan fingerprint density at radius 3 is 2.67 bits per heavy atom. The molecule has 0 spiro atoms. The molecule has 0 aliphatic carbocycles. The molecule has 62 valence electrons. The SMILES string of the molecule is COc1[nH]c2ccccc2c1C. The molecular formula is C10H11NO. The first-order chi connectivity index (χ1) is 5.83. The lowest BCUT2D eigenvalue weighted by atomic mass is 10.2. The van der Waals surface area contributed by atoms with Gasteiger partial charge in [0.25, 0.3) is 0 Å². The van der Waals surface area contributed by atoms with Crippen molar-refractivity contribution in [2.75, 3.05) is 7.11 Å². The molecule has 0 radical (unpaired) electrons. The number of aromatic nitrogens is 1. The maximum absolute atomic E-state index is 5.17. The van der Waals surface area contributed by atoms with Crippen molar-refractivity contribution in [1.82, 2.24) is 4.98 Å². The lowest BCUT2D eigenvalue weighted by molar-refractivity contribution is 0.398. The van der Waals surface area contributed by atoms with Crippen molar-refractivity contribution < 1.29 is 4.74 Å². The van der Waals surface area contributed by atoms with Gasteiger partial charge < -0.3 is 9.72 Å². The van der Waals surface area contributed by atoms with Crippen molar-refractivity contribution in [3.8, 4) is 5.88 Å². The molecule has 12 heavy (non-hydrogen) atoms. The van der Waals surface area contributed by atoms with Crippen molar-refractivity contribution in [1.29, 1.82) is 0 Å². The van der Waals surface area contributed by atoms with E-state index in [9.17, 15) is 0 Å². The van der Waals surface area contributed by atoms with Crippen LogP contribution in [0.3, 0.4) is 0 Å². The van der Waals surface area contributed by atoms with Crippen molar-refractivity contribution >= 4 is 10.9 Å². The molecule has 0 amide bonds. The Bertz CT molecular complexity index is 403. The summed E-state index contributed by atoms with van der Waals surface area (Å²) in [6, 6.07) is 8.18. The first-order valence-corrected chi connectivity index (χ1v) is 3.94. The molecule has 1 aromatic carbocycles. The van der Waals surface area contributed by atoms with Crippen LogP contribution in [0.2, 0.25) is 0 Å². The van der Waals surface area contributed by atoms with Crippen LogP contribution in [0.4, 0.5) is 0 Å². The number of fused-ring (bicyclic) bond motifs is 1. The molecule has 0 fully saturated rings. The summed E-state index contributed by atoms with van der Waals surface area (Å²) in [5.41, 5.74) is 2.31. The molecule has 0 aliphatic heterocycles. The summed E-state index contributed by atoms with van der Waals surface area (Å²) in [5, 5.41) is 1.23. The third kappa shape index (κ3) is 0.881. The number of rotatable bonds is 1. The van der Waals surface area contributed by atoms with Crippen LogP contribution < -0.4 is 4.74 Å². The molecule has 0 saturated carbocycles. The highest BCUT2D eigenvalue weighted by atomic mass is 16.5. The minimum atomic E-state index is 0.858. The van der Waals surface area contributed by atoms with E-state index in [1.807, 2.05) is 18.2 Å². The van der Waals surface area contributed by atoms with E-state index >= 15 is 0 Å². The van der Waals surface area contributed by atoms with Gasteiger partial charge in [0, 0.05) is 16.5 Å². The van der Waals surface area contributed by atoms with Gasteiger partial charge in [0.05, 0.1) is 7.11 Å². The zero-order valence-electron chi connectivity index (χ0n) is 7.22. The number of hydrogen-bond donors (Lipinski definition) is 1. The van der Waals surface area contributed by atoms with E-state index in [0.29, 0.717) is 0 Å². The van der Waals surface area contributed by atoms with Crippen LogP contribution in [-0.2, 0) is 0 Å². The maximum Gasteiger partial charge on any atom is 0.194 e. The molecular weight excluding hydrogens is 150 g/mol. The van der Waals surface area contributed by atoms with E-state index in [4.69, 9.17) is 4.74 Å². The number of methoxy groups -OCH3 is 1. The van der Waals surface area contributed by atoms with E-state index < -0.39 is 0 Å². The minimum absolute atomic E-state index is 0.858. The summed E-state index contributed by atoms with van der Waals surface area (Å²) in [6.07, 6.45) is 0. The van der Waals surface area contributed by atoms with Gasteiger partial charge in [-0.1, -0.05) is 18.2 Å². The standard InChI is InChI=1S/C10H11NO/c1-7-8-5-3-4-6-9(8)11-10(7)12-2/h3-6,11H,1-2H3. The van der Waals surface area contributed by atoms with Gasteiger partial charge in [-0.3, -0.25) is 0 Å². The Morgan fingerprint density at radius 2 is 2.00 bits per heavy atom. The normalized spacial score (nSPS) is 10.5. The first-order valence-electron chi connectivity index (χ1n) is 3.94. The van der Waals surface area contributed by atoms with Gasteiger partial charge in [-0.25, -0.2) is 0 Å². The van der Waals surface area contributed by atoms with Gasteiger partial charge >= 0.3 is 0 Å². The second-order valence-corrected chi connectivity index (χ2v) is 2.83. The van der Waals surface area contributed by atoms with Gasteiger partial charge in [0.2, 0.25) is 0 Å². The quantitative estimate of drug-likeness (QED) is 0.682. The van der Waals surface area contributed by atoms with Crippen molar-refractivity contribution in [3.63, 3.8) is 0 Å². The summed E-state index contributed by atoms with van der Waals surface area (Å²) in [5.74, 6) is 0.858. The Labute approximate surface area is 71.2 Å². The predicted octanol–water partition coefficient (Wildman–Crippen LogP) is 2.48. The molecule has 0 atom stereocenters. The Balaban J connectivity index is 2.78. The van der Waals surface area contributed by atoms with Crippen molar-refractivity contribution in [2.24, 2.45) is 0 Å².